The van der Waals surface area contributed by atoms with Crippen molar-refractivity contribution in [1.82, 2.24) is 4.31 Å². The number of rotatable bonds is 2. The van der Waals surface area contributed by atoms with Crippen LogP contribution in [0.15, 0.2) is 20.1 Å². The van der Waals surface area contributed by atoms with Gasteiger partial charge < -0.3 is 0 Å². The van der Waals surface area contributed by atoms with Gasteiger partial charge in [0.1, 0.15) is 4.21 Å². The van der Waals surface area contributed by atoms with Gasteiger partial charge in [-0.2, -0.15) is 16.1 Å². The highest BCUT2D eigenvalue weighted by atomic mass is 79.9. The quantitative estimate of drug-likeness (QED) is 0.818. The van der Waals surface area contributed by atoms with Crippen molar-refractivity contribution < 1.29 is 8.42 Å². The molecule has 1 fully saturated rings. The molecule has 0 unspecified atom stereocenters. The lowest BCUT2D eigenvalue weighted by Crippen LogP contribution is -2.45. The third kappa shape index (κ3) is 2.89. The van der Waals surface area contributed by atoms with Crippen LogP contribution in [0.2, 0.25) is 0 Å². The minimum atomic E-state index is -3.33. The smallest absolute Gasteiger partial charge is 0.206 e. The first-order valence-electron chi connectivity index (χ1n) is 5.20. The maximum absolute atomic E-state index is 12.5. The molecule has 17 heavy (non-hydrogen) atoms. The minimum absolute atomic E-state index is 0.00491. The highest BCUT2D eigenvalue weighted by Gasteiger charge is 2.35. The number of nitrogens with zero attached hydrogens (tertiary/aromatic N) is 1. The van der Waals surface area contributed by atoms with Crippen LogP contribution in [0.3, 0.4) is 0 Å². The standard InChI is InChI=1S/C10H14BrNO2S3/c1-10(2)7-12(4-6-16-10)17(13,14)9-8(11)3-5-15-9/h3,5H,4,6-7H2,1-2H3. The van der Waals surface area contributed by atoms with Crippen LogP contribution < -0.4 is 0 Å². The summed E-state index contributed by atoms with van der Waals surface area (Å²) in [5, 5.41) is 1.79. The molecule has 0 saturated carbocycles. The normalized spacial score (nSPS) is 21.6. The van der Waals surface area contributed by atoms with E-state index in [0.717, 1.165) is 5.75 Å². The van der Waals surface area contributed by atoms with E-state index in [1.165, 1.54) is 11.3 Å². The second-order valence-electron chi connectivity index (χ2n) is 4.50. The number of hydrogen-bond donors (Lipinski definition) is 0. The average molecular weight is 356 g/mol. The topological polar surface area (TPSA) is 37.4 Å². The Hall–Kier alpha value is 0.440. The summed E-state index contributed by atoms with van der Waals surface area (Å²) in [6, 6.07) is 1.78. The molecule has 0 amide bonds. The average Bonchev–Trinajstić information content (AvgIpc) is 2.63. The molecule has 0 N–H and O–H groups in total. The third-order valence-corrected chi connectivity index (χ3v) is 8.34. The van der Waals surface area contributed by atoms with Crippen molar-refractivity contribution in [3.8, 4) is 0 Å². The van der Waals surface area contributed by atoms with E-state index in [0.29, 0.717) is 21.8 Å². The van der Waals surface area contributed by atoms with Crippen LogP contribution in [0, 0.1) is 0 Å². The second kappa shape index (κ2) is 4.85. The number of sulfonamides is 1. The lowest BCUT2D eigenvalue weighted by molar-refractivity contribution is 0.388. The Labute approximate surface area is 119 Å². The third-order valence-electron chi connectivity index (χ3n) is 2.55. The molecule has 1 aliphatic heterocycles. The van der Waals surface area contributed by atoms with E-state index < -0.39 is 10.0 Å². The molecule has 0 aliphatic carbocycles. The van der Waals surface area contributed by atoms with E-state index in [9.17, 15) is 8.42 Å². The molecule has 0 spiro atoms. The fourth-order valence-electron chi connectivity index (χ4n) is 1.76. The summed E-state index contributed by atoms with van der Waals surface area (Å²) in [6.07, 6.45) is 0. The molecule has 0 aromatic carbocycles. The summed E-state index contributed by atoms with van der Waals surface area (Å²) in [4.78, 5) is 0. The van der Waals surface area contributed by atoms with Crippen LogP contribution in [0.4, 0.5) is 0 Å². The predicted octanol–water partition coefficient (Wildman–Crippen LogP) is 3.03. The largest absolute Gasteiger partial charge is 0.253 e. The highest BCUT2D eigenvalue weighted by Crippen LogP contribution is 2.35. The van der Waals surface area contributed by atoms with Crippen LogP contribution in [0.1, 0.15) is 13.8 Å². The molecular formula is C10H14BrNO2S3. The van der Waals surface area contributed by atoms with Gasteiger partial charge in [-0.15, -0.1) is 11.3 Å². The van der Waals surface area contributed by atoms with Gasteiger partial charge >= 0.3 is 0 Å². The van der Waals surface area contributed by atoms with Crippen LogP contribution in [-0.2, 0) is 10.0 Å². The summed E-state index contributed by atoms with van der Waals surface area (Å²) in [7, 11) is -3.33. The lowest BCUT2D eigenvalue weighted by Gasteiger charge is -2.36. The zero-order valence-electron chi connectivity index (χ0n) is 9.64. The van der Waals surface area contributed by atoms with Crippen LogP contribution >= 0.6 is 39.0 Å². The van der Waals surface area contributed by atoms with Gasteiger partial charge in [0.2, 0.25) is 0 Å². The second-order valence-corrected chi connectivity index (χ2v) is 10.2. The monoisotopic (exact) mass is 355 g/mol. The number of hydrogen-bond acceptors (Lipinski definition) is 4. The van der Waals surface area contributed by atoms with Gasteiger partial charge in [0.25, 0.3) is 10.0 Å². The summed E-state index contributed by atoms with van der Waals surface area (Å²) in [6.45, 7) is 5.34. The minimum Gasteiger partial charge on any atom is -0.206 e. The van der Waals surface area contributed by atoms with Gasteiger partial charge in [-0.1, -0.05) is 0 Å². The van der Waals surface area contributed by atoms with Gasteiger partial charge in [0.05, 0.1) is 0 Å². The van der Waals surface area contributed by atoms with Gasteiger partial charge in [-0.25, -0.2) is 8.42 Å². The highest BCUT2D eigenvalue weighted by molar-refractivity contribution is 9.10. The first kappa shape index (κ1) is 13.9. The zero-order valence-corrected chi connectivity index (χ0v) is 13.7. The molecule has 0 radical (unpaired) electrons. The molecule has 0 bridgehead atoms. The van der Waals surface area contributed by atoms with E-state index in [-0.39, 0.29) is 4.75 Å². The van der Waals surface area contributed by atoms with E-state index in [1.54, 1.807) is 15.8 Å². The van der Waals surface area contributed by atoms with Gasteiger partial charge in [-0.05, 0) is 41.2 Å². The van der Waals surface area contributed by atoms with Crippen molar-refractivity contribution in [2.75, 3.05) is 18.8 Å². The molecule has 1 aromatic rings. The van der Waals surface area contributed by atoms with Crippen molar-refractivity contribution in [3.63, 3.8) is 0 Å². The van der Waals surface area contributed by atoms with Gasteiger partial charge in [-0.3, -0.25) is 0 Å². The molecule has 1 aromatic heterocycles. The van der Waals surface area contributed by atoms with Crippen molar-refractivity contribution in [2.24, 2.45) is 0 Å². The van der Waals surface area contributed by atoms with Crippen molar-refractivity contribution in [2.45, 2.75) is 22.8 Å². The SMILES string of the molecule is CC1(C)CN(S(=O)(=O)c2sccc2Br)CCS1. The fourth-order valence-corrected chi connectivity index (χ4v) is 7.12. The Morgan fingerprint density at radius 1 is 1.47 bits per heavy atom. The van der Waals surface area contributed by atoms with Crippen molar-refractivity contribution in [3.05, 3.63) is 15.9 Å². The lowest BCUT2D eigenvalue weighted by atomic mass is 10.2. The Bertz CT molecular complexity index is 509. The molecule has 96 valence electrons. The van der Waals surface area contributed by atoms with Crippen molar-refractivity contribution in [1.29, 1.82) is 0 Å². The van der Waals surface area contributed by atoms with Crippen molar-refractivity contribution >= 4 is 49.1 Å². The molecule has 3 nitrogen and oxygen atoms in total. The molecule has 7 heteroatoms. The molecule has 0 atom stereocenters. The summed E-state index contributed by atoms with van der Waals surface area (Å²) in [5.74, 6) is 0.856. The van der Waals surface area contributed by atoms with E-state index in [1.807, 2.05) is 11.8 Å². The summed E-state index contributed by atoms with van der Waals surface area (Å²) < 4.78 is 27.6. The predicted molar refractivity (Wildman–Crippen MR) is 77.3 cm³/mol. The first-order chi connectivity index (χ1) is 7.83. The summed E-state index contributed by atoms with van der Waals surface area (Å²) >= 11 is 6.39. The first-order valence-corrected chi connectivity index (χ1v) is 9.30. The van der Waals surface area contributed by atoms with E-state index in [4.69, 9.17) is 0 Å². The maximum atomic E-state index is 12.5. The molecular weight excluding hydrogens is 342 g/mol. The molecule has 2 rings (SSSR count). The Balaban J connectivity index is 2.31. The van der Waals surface area contributed by atoms with E-state index >= 15 is 0 Å². The summed E-state index contributed by atoms with van der Waals surface area (Å²) in [5.41, 5.74) is 0. The Kier molecular flexibility index (Phi) is 3.95. The van der Waals surface area contributed by atoms with E-state index in [2.05, 4.69) is 29.8 Å². The molecule has 2 heterocycles. The van der Waals surface area contributed by atoms with Gasteiger partial charge in [0, 0.05) is 28.1 Å². The van der Waals surface area contributed by atoms with Gasteiger partial charge in [0.15, 0.2) is 0 Å². The molecule has 1 aliphatic rings. The van der Waals surface area contributed by atoms with Crippen LogP contribution in [0.25, 0.3) is 0 Å². The Morgan fingerprint density at radius 3 is 2.71 bits per heavy atom. The van der Waals surface area contributed by atoms with Crippen LogP contribution in [0.5, 0.6) is 0 Å². The van der Waals surface area contributed by atoms with Crippen LogP contribution in [-0.4, -0.2) is 36.3 Å². The maximum Gasteiger partial charge on any atom is 0.253 e. The zero-order chi connectivity index (χ0) is 12.7. The Morgan fingerprint density at radius 2 is 2.18 bits per heavy atom. The number of thiophene rings is 1. The number of halogens is 1. The fraction of sp³-hybridized carbons (Fsp3) is 0.600. The number of thioether (sulfide) groups is 1. The molecule has 1 saturated heterocycles.